The number of rotatable bonds is 5. The summed E-state index contributed by atoms with van der Waals surface area (Å²) in [5, 5.41) is 3.17. The first-order chi connectivity index (χ1) is 8.10. The molecule has 0 amide bonds. The number of carbonyl (C=O) groups excluding carboxylic acids is 1. The molecule has 0 aliphatic rings. The molecule has 0 saturated carbocycles. The van der Waals surface area contributed by atoms with Crippen LogP contribution in [0, 0.1) is 0 Å². The third kappa shape index (κ3) is 3.46. The van der Waals surface area contributed by atoms with E-state index in [2.05, 4.69) is 10.1 Å². The van der Waals surface area contributed by atoms with Crippen molar-refractivity contribution in [2.75, 3.05) is 14.2 Å². The van der Waals surface area contributed by atoms with Gasteiger partial charge >= 0.3 is 5.97 Å². The molecule has 0 heterocycles. The normalized spacial score (nSPS) is 13.9. The molecule has 1 aromatic rings. The number of hydrogen-bond donors (Lipinski definition) is 1. The van der Waals surface area contributed by atoms with Gasteiger partial charge in [0, 0.05) is 11.6 Å². The Morgan fingerprint density at radius 3 is 2.47 bits per heavy atom. The van der Waals surface area contributed by atoms with Crippen molar-refractivity contribution in [2.45, 2.75) is 25.9 Å². The highest BCUT2D eigenvalue weighted by Gasteiger charge is 2.18. The lowest BCUT2D eigenvalue weighted by Crippen LogP contribution is -2.36. The van der Waals surface area contributed by atoms with Crippen LogP contribution in [0.1, 0.15) is 25.5 Å². The number of para-hydroxylation sites is 1. The van der Waals surface area contributed by atoms with Crippen molar-refractivity contribution < 1.29 is 14.3 Å². The molecule has 2 atom stereocenters. The fourth-order valence-electron chi connectivity index (χ4n) is 1.73. The summed E-state index contributed by atoms with van der Waals surface area (Å²) >= 11 is 0. The Labute approximate surface area is 102 Å². The molecule has 0 aliphatic carbocycles. The van der Waals surface area contributed by atoms with Crippen molar-refractivity contribution in [3.63, 3.8) is 0 Å². The van der Waals surface area contributed by atoms with E-state index < -0.39 is 0 Å². The second kappa shape index (κ2) is 6.25. The maximum Gasteiger partial charge on any atom is 0.322 e. The van der Waals surface area contributed by atoms with Gasteiger partial charge in [0.15, 0.2) is 0 Å². The molecule has 0 aliphatic heterocycles. The van der Waals surface area contributed by atoms with Crippen LogP contribution in [0.5, 0.6) is 5.75 Å². The highest BCUT2D eigenvalue weighted by Crippen LogP contribution is 2.24. The van der Waals surface area contributed by atoms with E-state index in [0.717, 1.165) is 11.3 Å². The molecule has 0 aromatic heterocycles. The first-order valence-electron chi connectivity index (χ1n) is 5.57. The number of ether oxygens (including phenoxy) is 2. The van der Waals surface area contributed by atoms with Gasteiger partial charge in [-0.25, -0.2) is 0 Å². The van der Waals surface area contributed by atoms with Crippen molar-refractivity contribution in [1.29, 1.82) is 0 Å². The molecular formula is C13H19NO3. The third-order valence-corrected chi connectivity index (χ3v) is 2.66. The van der Waals surface area contributed by atoms with Gasteiger partial charge in [-0.05, 0) is 19.9 Å². The van der Waals surface area contributed by atoms with Crippen molar-refractivity contribution in [3.8, 4) is 5.75 Å². The fourth-order valence-corrected chi connectivity index (χ4v) is 1.73. The van der Waals surface area contributed by atoms with Gasteiger partial charge in [0.1, 0.15) is 11.8 Å². The minimum atomic E-state index is -0.347. The molecule has 0 spiro atoms. The Balaban J connectivity index is 2.75. The van der Waals surface area contributed by atoms with Crippen LogP contribution < -0.4 is 10.1 Å². The van der Waals surface area contributed by atoms with Gasteiger partial charge in [-0.15, -0.1) is 0 Å². The summed E-state index contributed by atoms with van der Waals surface area (Å²) in [6, 6.07) is 7.40. The lowest BCUT2D eigenvalue weighted by molar-refractivity contribution is -0.142. The molecule has 1 aromatic carbocycles. The van der Waals surface area contributed by atoms with E-state index in [1.54, 1.807) is 14.0 Å². The Morgan fingerprint density at radius 2 is 1.88 bits per heavy atom. The quantitative estimate of drug-likeness (QED) is 0.795. The molecule has 4 heteroatoms. The van der Waals surface area contributed by atoms with Crippen molar-refractivity contribution in [2.24, 2.45) is 0 Å². The summed E-state index contributed by atoms with van der Waals surface area (Å²) < 4.78 is 9.95. The van der Waals surface area contributed by atoms with Gasteiger partial charge in [-0.3, -0.25) is 10.1 Å². The molecule has 17 heavy (non-hydrogen) atoms. The topological polar surface area (TPSA) is 47.6 Å². The Bertz CT molecular complexity index is 379. The van der Waals surface area contributed by atoms with Gasteiger partial charge in [-0.1, -0.05) is 18.2 Å². The lowest BCUT2D eigenvalue weighted by Gasteiger charge is -2.20. The summed E-state index contributed by atoms with van der Waals surface area (Å²) in [4.78, 5) is 11.3. The molecular weight excluding hydrogens is 218 g/mol. The number of methoxy groups -OCH3 is 2. The number of esters is 1. The zero-order valence-electron chi connectivity index (χ0n) is 10.7. The van der Waals surface area contributed by atoms with E-state index in [4.69, 9.17) is 4.74 Å². The number of carbonyl (C=O) groups is 1. The minimum Gasteiger partial charge on any atom is -0.496 e. The zero-order valence-corrected chi connectivity index (χ0v) is 10.7. The summed E-state index contributed by atoms with van der Waals surface area (Å²) in [7, 11) is 3.02. The van der Waals surface area contributed by atoms with Crippen LogP contribution in [0.2, 0.25) is 0 Å². The number of nitrogens with one attached hydrogen (secondary N) is 1. The third-order valence-electron chi connectivity index (χ3n) is 2.66. The largest absolute Gasteiger partial charge is 0.496 e. The molecule has 0 radical (unpaired) electrons. The van der Waals surface area contributed by atoms with Crippen LogP contribution >= 0.6 is 0 Å². The Kier molecular flexibility index (Phi) is 4.97. The van der Waals surface area contributed by atoms with Gasteiger partial charge in [0.25, 0.3) is 0 Å². The molecule has 0 bridgehead atoms. The van der Waals surface area contributed by atoms with Crippen LogP contribution in [0.4, 0.5) is 0 Å². The summed E-state index contributed by atoms with van der Waals surface area (Å²) in [6.07, 6.45) is 0. The van der Waals surface area contributed by atoms with E-state index in [1.807, 2.05) is 31.2 Å². The SMILES string of the molecule is COC(=O)C(C)NC(C)c1ccccc1OC. The van der Waals surface area contributed by atoms with Crippen LogP contribution in [0.25, 0.3) is 0 Å². The molecule has 2 unspecified atom stereocenters. The summed E-state index contributed by atoms with van der Waals surface area (Å²) in [5.41, 5.74) is 1.02. The predicted molar refractivity (Wildman–Crippen MR) is 66.0 cm³/mol. The molecule has 0 saturated heterocycles. The maximum atomic E-state index is 11.3. The lowest BCUT2D eigenvalue weighted by atomic mass is 10.1. The summed E-state index contributed by atoms with van der Waals surface area (Å²) in [6.45, 7) is 3.76. The Hall–Kier alpha value is -1.55. The molecule has 0 fully saturated rings. The molecule has 94 valence electrons. The highest BCUT2D eigenvalue weighted by molar-refractivity contribution is 5.75. The van der Waals surface area contributed by atoms with E-state index in [0.29, 0.717) is 0 Å². The number of hydrogen-bond acceptors (Lipinski definition) is 4. The number of benzene rings is 1. The van der Waals surface area contributed by atoms with Crippen LogP contribution in [0.15, 0.2) is 24.3 Å². The average molecular weight is 237 g/mol. The smallest absolute Gasteiger partial charge is 0.322 e. The van der Waals surface area contributed by atoms with Crippen LogP contribution in [-0.4, -0.2) is 26.2 Å². The van der Waals surface area contributed by atoms with E-state index in [1.165, 1.54) is 7.11 Å². The molecule has 1 N–H and O–H groups in total. The van der Waals surface area contributed by atoms with Gasteiger partial charge in [-0.2, -0.15) is 0 Å². The first kappa shape index (κ1) is 13.5. The fraction of sp³-hybridized carbons (Fsp3) is 0.462. The minimum absolute atomic E-state index is 0.0141. The zero-order chi connectivity index (χ0) is 12.8. The average Bonchev–Trinajstić information content (AvgIpc) is 2.37. The van der Waals surface area contributed by atoms with Crippen molar-refractivity contribution >= 4 is 5.97 Å². The van der Waals surface area contributed by atoms with E-state index in [-0.39, 0.29) is 18.1 Å². The van der Waals surface area contributed by atoms with Gasteiger partial charge < -0.3 is 9.47 Å². The first-order valence-corrected chi connectivity index (χ1v) is 5.57. The van der Waals surface area contributed by atoms with Gasteiger partial charge in [0.05, 0.1) is 14.2 Å². The Morgan fingerprint density at radius 1 is 1.24 bits per heavy atom. The second-order valence-electron chi connectivity index (χ2n) is 3.88. The van der Waals surface area contributed by atoms with Crippen molar-refractivity contribution in [3.05, 3.63) is 29.8 Å². The van der Waals surface area contributed by atoms with Crippen LogP contribution in [-0.2, 0) is 9.53 Å². The second-order valence-corrected chi connectivity index (χ2v) is 3.88. The standard InChI is InChI=1S/C13H19NO3/c1-9(14-10(2)13(15)17-4)11-7-5-6-8-12(11)16-3/h5-10,14H,1-4H3. The summed E-state index contributed by atoms with van der Waals surface area (Å²) in [5.74, 6) is 0.538. The monoisotopic (exact) mass is 237 g/mol. The van der Waals surface area contributed by atoms with E-state index in [9.17, 15) is 4.79 Å². The molecule has 4 nitrogen and oxygen atoms in total. The van der Waals surface area contributed by atoms with E-state index >= 15 is 0 Å². The van der Waals surface area contributed by atoms with Crippen molar-refractivity contribution in [1.82, 2.24) is 5.32 Å². The van der Waals surface area contributed by atoms with Gasteiger partial charge in [0.2, 0.25) is 0 Å². The molecule has 1 rings (SSSR count). The maximum absolute atomic E-state index is 11.3. The predicted octanol–water partition coefficient (Wildman–Crippen LogP) is 1.91. The highest BCUT2D eigenvalue weighted by atomic mass is 16.5. The van der Waals surface area contributed by atoms with Crippen LogP contribution in [0.3, 0.4) is 0 Å².